The van der Waals surface area contributed by atoms with E-state index in [0.29, 0.717) is 11.1 Å². The van der Waals surface area contributed by atoms with Crippen molar-refractivity contribution in [2.75, 3.05) is 26.4 Å². The number of aliphatic hydroxyl groups is 7. The molecule has 0 amide bonds. The maximum atomic E-state index is 13.5. The molecule has 0 radical (unpaired) electrons. The predicted octanol–water partition coefficient (Wildman–Crippen LogP) is -2.28. The topological polar surface area (TPSA) is 310 Å². The van der Waals surface area contributed by atoms with Crippen LogP contribution in [0, 0.1) is 0 Å². The molecule has 0 bridgehead atoms. The highest BCUT2D eigenvalue weighted by Gasteiger charge is 2.53. The molecule has 0 unspecified atom stereocenters. The Bertz CT molecular complexity index is 1670. The van der Waals surface area contributed by atoms with Gasteiger partial charge in [-0.1, -0.05) is 18.2 Å². The maximum Gasteiger partial charge on any atom is 0.331 e. The van der Waals surface area contributed by atoms with Gasteiger partial charge in [0.05, 0.1) is 32.5 Å². The van der Waals surface area contributed by atoms with E-state index in [9.17, 15) is 60.7 Å². The lowest BCUT2D eigenvalue weighted by atomic mass is 9.95. The number of benzene rings is 2. The van der Waals surface area contributed by atoms with Crippen molar-refractivity contribution in [3.63, 3.8) is 0 Å². The Morgan fingerprint density at radius 2 is 1.33 bits per heavy atom. The van der Waals surface area contributed by atoms with Crippen LogP contribution in [0.1, 0.15) is 25.0 Å². The lowest BCUT2D eigenvalue weighted by Gasteiger charge is -2.46. The minimum Gasteiger partial charge on any atom is -0.508 e. The van der Waals surface area contributed by atoms with Crippen molar-refractivity contribution >= 4 is 18.0 Å². The molecule has 3 aliphatic rings. The second kappa shape index (κ2) is 20.3. The highest BCUT2D eigenvalue weighted by Crippen LogP contribution is 2.33. The monoisotopic (exact) mass is 826 g/mol. The van der Waals surface area contributed by atoms with Gasteiger partial charge in [0, 0.05) is 13.0 Å². The van der Waals surface area contributed by atoms with Crippen LogP contribution in [0.25, 0.3) is 6.08 Å². The lowest BCUT2D eigenvalue weighted by Crippen LogP contribution is -2.64. The standard InChI is InChI=1S/C38H50O20/c1-17-28(45)31(48)30(47)25(54-17)15-52-35-34(58-27(44)10-6-19-3-7-21(41)8-4-19)26(16-53-37-33(50)32(49)29(46)24(14-39)56-37)57-38(36(35)55-18(2)40)51-12-11-20-5-9-22(42)23(43)13-20/h3-10,13,17,24-26,28-39,41-43,45-50H,11-12,14-16H2,1-2H3/b10-6-/t17-,24+,25-,26+,28-,29+,30-,31+,32-,33+,34+,35-,36+,37+,38+/m0/s1. The molecule has 20 nitrogen and oxygen atoms in total. The average molecular weight is 827 g/mol. The van der Waals surface area contributed by atoms with Crippen molar-refractivity contribution in [2.45, 2.75) is 112 Å². The second-order valence-electron chi connectivity index (χ2n) is 14.1. The number of aromatic hydroxyl groups is 3. The van der Waals surface area contributed by atoms with Gasteiger partial charge in [-0.2, -0.15) is 0 Å². The molecule has 322 valence electrons. The Balaban J connectivity index is 1.47. The first-order valence-corrected chi connectivity index (χ1v) is 18.4. The summed E-state index contributed by atoms with van der Waals surface area (Å²) >= 11 is 0. The molecule has 2 aromatic carbocycles. The minimum atomic E-state index is -1.83. The van der Waals surface area contributed by atoms with Crippen molar-refractivity contribution in [3.8, 4) is 17.2 Å². The molecular formula is C38H50O20. The maximum absolute atomic E-state index is 13.5. The smallest absolute Gasteiger partial charge is 0.331 e. The molecule has 0 spiro atoms. The zero-order chi connectivity index (χ0) is 42.3. The number of aliphatic hydroxyl groups excluding tert-OH is 7. The summed E-state index contributed by atoms with van der Waals surface area (Å²) in [5.41, 5.74) is 1.02. The fourth-order valence-electron chi connectivity index (χ4n) is 6.61. The number of esters is 2. The van der Waals surface area contributed by atoms with Crippen LogP contribution in [0.4, 0.5) is 0 Å². The van der Waals surface area contributed by atoms with E-state index in [0.717, 1.165) is 13.0 Å². The fraction of sp³-hybridized carbons (Fsp3) is 0.579. The molecule has 3 aliphatic heterocycles. The van der Waals surface area contributed by atoms with Gasteiger partial charge in [0.1, 0.15) is 66.8 Å². The minimum absolute atomic E-state index is 0.0145. The second-order valence-corrected chi connectivity index (χ2v) is 14.1. The van der Waals surface area contributed by atoms with E-state index in [-0.39, 0.29) is 30.3 Å². The molecule has 15 atom stereocenters. The van der Waals surface area contributed by atoms with Gasteiger partial charge in [-0.3, -0.25) is 4.79 Å². The molecule has 0 aliphatic carbocycles. The number of phenols is 3. The van der Waals surface area contributed by atoms with Crippen molar-refractivity contribution < 1.29 is 98.5 Å². The normalized spacial score (nSPS) is 35.4. The third-order valence-electron chi connectivity index (χ3n) is 9.84. The van der Waals surface area contributed by atoms with Crippen LogP contribution in [0.15, 0.2) is 48.5 Å². The molecule has 3 heterocycles. The SMILES string of the molecule is CC(=O)O[C@H]1[C@H](OCCc2ccc(O)c(O)c2)O[C@H](CO[C@@H]2O[C@H](CO)[C@@H](O)[C@H](O)[C@H]2O)[C@@H](OC(=O)/C=C\c2ccc(O)cc2)[C@@H]1OC[C@@H]1O[C@@H](C)[C@H](O)[C@@H](O)[C@H]1O. The van der Waals surface area contributed by atoms with Gasteiger partial charge in [-0.05, 0) is 54.8 Å². The summed E-state index contributed by atoms with van der Waals surface area (Å²) in [5, 5.41) is 102. The van der Waals surface area contributed by atoms with Crippen LogP contribution in [0.5, 0.6) is 17.2 Å². The van der Waals surface area contributed by atoms with E-state index in [4.69, 9.17) is 37.9 Å². The summed E-state index contributed by atoms with van der Waals surface area (Å²) in [6.07, 6.45) is -20.4. The first-order chi connectivity index (χ1) is 27.6. The van der Waals surface area contributed by atoms with E-state index >= 15 is 0 Å². The van der Waals surface area contributed by atoms with Crippen molar-refractivity contribution in [2.24, 2.45) is 0 Å². The first-order valence-electron chi connectivity index (χ1n) is 18.4. The summed E-state index contributed by atoms with van der Waals surface area (Å²) in [5.74, 6) is -2.58. The van der Waals surface area contributed by atoms with Crippen LogP contribution >= 0.6 is 0 Å². The number of hydrogen-bond donors (Lipinski definition) is 10. The van der Waals surface area contributed by atoms with Crippen LogP contribution in [0.3, 0.4) is 0 Å². The Hall–Kier alpha value is -4.00. The molecule has 0 saturated carbocycles. The summed E-state index contributed by atoms with van der Waals surface area (Å²) in [6, 6.07) is 9.92. The predicted molar refractivity (Wildman–Crippen MR) is 192 cm³/mol. The van der Waals surface area contributed by atoms with E-state index in [1.165, 1.54) is 55.5 Å². The highest BCUT2D eigenvalue weighted by molar-refractivity contribution is 5.87. The fourth-order valence-corrected chi connectivity index (χ4v) is 6.61. The lowest BCUT2D eigenvalue weighted by molar-refractivity contribution is -0.337. The zero-order valence-electron chi connectivity index (χ0n) is 31.4. The van der Waals surface area contributed by atoms with Gasteiger partial charge in [0.2, 0.25) is 0 Å². The van der Waals surface area contributed by atoms with Crippen molar-refractivity contribution in [1.29, 1.82) is 0 Å². The number of phenolic OH excluding ortho intramolecular Hbond substituents is 3. The van der Waals surface area contributed by atoms with Gasteiger partial charge in [-0.25, -0.2) is 4.79 Å². The highest BCUT2D eigenvalue weighted by atomic mass is 16.7. The van der Waals surface area contributed by atoms with Crippen LogP contribution in [0.2, 0.25) is 0 Å². The zero-order valence-corrected chi connectivity index (χ0v) is 31.4. The number of ether oxygens (including phenoxy) is 8. The van der Waals surface area contributed by atoms with E-state index in [1.54, 1.807) is 0 Å². The Morgan fingerprint density at radius 1 is 0.672 bits per heavy atom. The van der Waals surface area contributed by atoms with Gasteiger partial charge in [0.15, 0.2) is 36.3 Å². The van der Waals surface area contributed by atoms with E-state index < -0.39 is 124 Å². The molecule has 5 rings (SSSR count). The number of carbonyl (C=O) groups excluding carboxylic acids is 2. The quantitative estimate of drug-likeness (QED) is 0.0514. The molecule has 2 aromatic rings. The molecule has 3 fully saturated rings. The van der Waals surface area contributed by atoms with Gasteiger partial charge in [-0.15, -0.1) is 0 Å². The molecule has 0 aromatic heterocycles. The van der Waals surface area contributed by atoms with Crippen molar-refractivity contribution in [1.82, 2.24) is 0 Å². The van der Waals surface area contributed by atoms with Crippen LogP contribution < -0.4 is 0 Å². The number of carbonyl (C=O) groups is 2. The largest absolute Gasteiger partial charge is 0.508 e. The summed E-state index contributed by atoms with van der Waals surface area (Å²) < 4.78 is 46.9. The average Bonchev–Trinajstić information content (AvgIpc) is 3.19. The van der Waals surface area contributed by atoms with Gasteiger partial charge in [0.25, 0.3) is 0 Å². The van der Waals surface area contributed by atoms with Gasteiger partial charge >= 0.3 is 11.9 Å². The Labute approximate surface area is 331 Å². The Kier molecular flexibility index (Phi) is 15.8. The van der Waals surface area contributed by atoms with E-state index in [1.807, 2.05) is 0 Å². The van der Waals surface area contributed by atoms with Crippen LogP contribution in [-0.4, -0.2) is 181 Å². The molecule has 58 heavy (non-hydrogen) atoms. The number of rotatable bonds is 15. The molecule has 10 N–H and O–H groups in total. The van der Waals surface area contributed by atoms with Crippen LogP contribution in [-0.2, 0) is 53.9 Å². The Morgan fingerprint density at radius 3 is 2.00 bits per heavy atom. The van der Waals surface area contributed by atoms with E-state index in [2.05, 4.69) is 0 Å². The first kappa shape index (κ1) is 45.1. The van der Waals surface area contributed by atoms with Gasteiger partial charge < -0.3 is 89.0 Å². The molecular weight excluding hydrogens is 776 g/mol. The molecule has 3 saturated heterocycles. The van der Waals surface area contributed by atoms with Crippen molar-refractivity contribution in [3.05, 3.63) is 59.7 Å². The third kappa shape index (κ3) is 11.2. The third-order valence-corrected chi connectivity index (χ3v) is 9.84. The number of hydrogen-bond acceptors (Lipinski definition) is 20. The summed E-state index contributed by atoms with van der Waals surface area (Å²) in [4.78, 5) is 26.1. The summed E-state index contributed by atoms with van der Waals surface area (Å²) in [6.45, 7) is 0.437. The summed E-state index contributed by atoms with van der Waals surface area (Å²) in [7, 11) is 0. The molecule has 20 heteroatoms.